The van der Waals surface area contributed by atoms with E-state index in [1.165, 1.54) is 221 Å². The van der Waals surface area contributed by atoms with Crippen molar-refractivity contribution in [2.75, 3.05) is 29.4 Å². The van der Waals surface area contributed by atoms with Crippen LogP contribution in [0.5, 0.6) is 0 Å². The molecule has 0 amide bonds. The molecular formula is C126H156MoN6S13-2. The van der Waals surface area contributed by atoms with Gasteiger partial charge >= 0.3 is 21.1 Å². The second kappa shape index (κ2) is 75.1. The van der Waals surface area contributed by atoms with Gasteiger partial charge in [-0.2, -0.15) is 0 Å². The molecule has 0 aliphatic heterocycles. The number of thiocarbonyl (C=S) groups is 6. The maximum atomic E-state index is 5.47. The Bertz CT molecular complexity index is 4610. The molecule has 0 saturated carbocycles. The summed E-state index contributed by atoms with van der Waals surface area (Å²) in [5.41, 5.74) is 29.4. The molecule has 0 aliphatic rings. The van der Waals surface area contributed by atoms with Crippen molar-refractivity contribution < 1.29 is 21.1 Å². The van der Waals surface area contributed by atoms with E-state index in [1.807, 2.05) is 0 Å². The first-order chi connectivity index (χ1) is 70.1. The van der Waals surface area contributed by atoms with Crippen LogP contribution in [0.15, 0.2) is 291 Å². The Morgan fingerprint density at radius 1 is 0.151 bits per heavy atom. The number of rotatable bonds is 48. The molecule has 0 fully saturated rings. The van der Waals surface area contributed by atoms with Gasteiger partial charge in [-0.3, -0.25) is 0 Å². The molecule has 0 unspecified atom stereocenters. The molecule has 0 heterocycles. The van der Waals surface area contributed by atoms with E-state index in [2.05, 4.69) is 404 Å². The first-order valence-electron chi connectivity index (χ1n) is 53.1. The summed E-state index contributed by atoms with van der Waals surface area (Å²) in [6, 6.07) is 102. The molecule has 776 valence electrons. The van der Waals surface area contributed by atoms with Crippen LogP contribution >= 0.6 is 73.3 Å². The average Bonchev–Trinajstić information content (AvgIpc) is 0.825. The molecule has 146 heavy (non-hydrogen) atoms. The van der Waals surface area contributed by atoms with Crippen molar-refractivity contribution in [3.8, 4) is 0 Å². The maximum Gasteiger partial charge on any atom is 6.00 e. The Hall–Kier alpha value is -7.66. The Morgan fingerprint density at radius 2 is 0.219 bits per heavy atom. The summed E-state index contributed by atoms with van der Waals surface area (Å²) < 4.78 is 2.93. The molecule has 0 aliphatic carbocycles. The quantitative estimate of drug-likeness (QED) is 0.0205. The largest absolute Gasteiger partial charge is 6.00 e. The Morgan fingerprint density at radius 3 is 0.281 bits per heavy atom. The summed E-state index contributed by atoms with van der Waals surface area (Å²) >= 11 is 65.6. The van der Waals surface area contributed by atoms with Crippen molar-refractivity contribution in [2.45, 2.75) is 314 Å². The molecule has 0 spiro atoms. The zero-order chi connectivity index (χ0) is 104. The average molecular weight is 2270 g/mol. The number of benzene rings is 12. The van der Waals surface area contributed by atoms with Gasteiger partial charge in [0.25, 0.3) is 0 Å². The van der Waals surface area contributed by atoms with E-state index in [0.29, 0.717) is 25.9 Å². The normalized spacial score (nSPS) is 10.4. The van der Waals surface area contributed by atoms with E-state index in [-0.39, 0.29) is 34.6 Å². The molecule has 0 bridgehead atoms. The van der Waals surface area contributed by atoms with Crippen molar-refractivity contribution in [1.82, 2.24) is 0 Å². The molecule has 0 saturated heterocycles. The van der Waals surface area contributed by atoms with Crippen molar-refractivity contribution in [1.29, 1.82) is 0 Å². The van der Waals surface area contributed by atoms with Crippen molar-refractivity contribution in [2.24, 2.45) is 0 Å². The molecule has 12 aromatic rings. The van der Waals surface area contributed by atoms with Crippen LogP contribution in [0.25, 0.3) is 0 Å². The summed E-state index contributed by atoms with van der Waals surface area (Å²) in [5.74, 6) is 0. The summed E-state index contributed by atoms with van der Waals surface area (Å²) in [4.78, 5) is 12.5. The molecule has 6 nitrogen and oxygen atoms in total. The van der Waals surface area contributed by atoms with Crippen LogP contribution in [-0.4, -0.2) is 25.9 Å². The Labute approximate surface area is 969 Å². The molecule has 12 rings (SSSR count). The van der Waals surface area contributed by atoms with Crippen LogP contribution in [0.3, 0.4) is 0 Å². The molecule has 20 heteroatoms. The Kier molecular flexibility index (Phi) is 66.3. The first-order valence-corrected chi connectivity index (χ1v) is 58.0. The number of anilines is 12. The van der Waals surface area contributed by atoms with Gasteiger partial charge in [0.1, 0.15) is 0 Å². The van der Waals surface area contributed by atoms with Crippen LogP contribution in [-0.2, 0) is 187 Å². The zero-order valence-corrected chi connectivity index (χ0v) is 101. The van der Waals surface area contributed by atoms with Crippen molar-refractivity contribution in [3.63, 3.8) is 0 Å². The Balaban J connectivity index is 0.000000307. The molecule has 0 radical (unpaired) electrons. The minimum Gasteiger partial charge on any atom is -2.00 e. The fraction of sp³-hybridized carbons (Fsp3) is 0.381. The smallest absolute Gasteiger partial charge is 2.00 e. The van der Waals surface area contributed by atoms with Crippen LogP contribution < -0.4 is 29.4 Å². The second-order valence-electron chi connectivity index (χ2n) is 36.4. The fourth-order valence-corrected chi connectivity index (χ4v) is 20.0. The van der Waals surface area contributed by atoms with Gasteiger partial charge in [-0.25, -0.2) is 0 Å². The van der Waals surface area contributed by atoms with Gasteiger partial charge in [0.15, 0.2) is 0 Å². The van der Waals surface area contributed by atoms with Crippen LogP contribution in [0.1, 0.15) is 304 Å². The van der Waals surface area contributed by atoms with Gasteiger partial charge in [-0.15, -0.1) is 0 Å². The van der Waals surface area contributed by atoms with Crippen LogP contribution in [0, 0.1) is 0 Å². The summed E-state index contributed by atoms with van der Waals surface area (Å²) in [5, 5.41) is 0. The third-order valence-electron chi connectivity index (χ3n) is 25.5. The number of unbranched alkanes of at least 4 members (excludes halogenated alkanes) is 12. The van der Waals surface area contributed by atoms with Gasteiger partial charge in [-0.1, -0.05) is 404 Å². The van der Waals surface area contributed by atoms with Crippen molar-refractivity contribution >= 4 is 257 Å². The molecule has 0 N–H and O–H groups in total. The topological polar surface area (TPSA) is 19.4 Å². The van der Waals surface area contributed by atoms with Gasteiger partial charge in [0, 0.05) is 68.2 Å². The van der Waals surface area contributed by atoms with E-state index < -0.39 is 0 Å². The van der Waals surface area contributed by atoms with Gasteiger partial charge in [0.05, 0.1) is 0 Å². The molecule has 12 aromatic carbocycles. The van der Waals surface area contributed by atoms with Gasteiger partial charge < -0.3 is 192 Å². The minimum absolute atomic E-state index is 0. The van der Waals surface area contributed by atoms with Crippen LogP contribution in [0.4, 0.5) is 68.2 Å². The van der Waals surface area contributed by atoms with Crippen LogP contribution in [0.2, 0.25) is 0 Å². The van der Waals surface area contributed by atoms with E-state index in [9.17, 15) is 0 Å². The number of para-hydroxylation sites is 12. The number of hydrogen-bond acceptors (Lipinski definition) is 12. The fourth-order valence-electron chi connectivity index (χ4n) is 17.7. The number of nitrogens with zero attached hydrogens (tertiary/aromatic N) is 6. The summed E-state index contributed by atoms with van der Waals surface area (Å²) in [6.45, 7) is 26.6. The van der Waals surface area contributed by atoms with Gasteiger partial charge in [0.2, 0.25) is 0 Å². The van der Waals surface area contributed by atoms with E-state index in [4.69, 9.17) is 149 Å². The molecule has 0 atom stereocenters. The number of aryl methyl sites for hydroxylation is 12. The minimum atomic E-state index is 0. The van der Waals surface area contributed by atoms with Crippen molar-refractivity contribution in [3.05, 3.63) is 358 Å². The third kappa shape index (κ3) is 41.8. The SMILES string of the molecule is CCCCc1ccccc1N(C(=S)[S-])c1ccccc1CCCC.CCCCc1ccccc1N(C(=S)[S-])c1ccccc1CCCC.CCCCc1ccccc1N(C(=S)[S-])c1ccccc1CCCC.CCCCc1ccccc1N(C(=S)[S-])c1ccccc1CCCC.CCCCc1ccccc1N(C(=S)[S-])c1ccccc1CCCC.CCCCc1ccccc1N(C(=S)[S-])c1ccccc1CCCC.[Mo+6].[S-2]. The summed E-state index contributed by atoms with van der Waals surface area (Å²) in [6.07, 6.45) is 40.9. The zero-order valence-electron chi connectivity index (χ0n) is 88.6. The second-order valence-corrected chi connectivity index (χ2v) is 42.6. The molecule has 0 aromatic heterocycles. The van der Waals surface area contributed by atoms with Gasteiger partial charge in [-0.05, 0) is 294 Å². The first kappa shape index (κ1) is 129. The van der Waals surface area contributed by atoms with E-state index in [0.717, 1.165) is 145 Å². The standard InChI is InChI=1S/6C21H27NS2.Mo.S/c6*1-3-5-11-17-13-7-9-15-19(17)22(21(23)24)20-16-10-8-14-18(20)12-6-4-2;;/h6*7-10,13-16H,3-6,11-12H2,1-2H3,(H,23,24);;/q;;;;;;+6;-2/p-6. The summed E-state index contributed by atoms with van der Waals surface area (Å²) in [7, 11) is 0. The van der Waals surface area contributed by atoms with E-state index in [1.54, 1.807) is 0 Å². The third-order valence-corrected chi connectivity index (χ3v) is 27.7. The van der Waals surface area contributed by atoms with E-state index >= 15 is 0 Å². The molecular weight excluding hydrogens is 2110 g/mol. The predicted molar refractivity (Wildman–Crippen MR) is 681 cm³/mol. The monoisotopic (exact) mass is 2270 g/mol. The predicted octanol–water partition coefficient (Wildman–Crippen LogP) is 38.0. The number of hydrogen-bond donors (Lipinski definition) is 0. The maximum absolute atomic E-state index is 5.47.